The van der Waals surface area contributed by atoms with Crippen molar-refractivity contribution in [2.75, 3.05) is 6.54 Å². The number of hydrogen-bond acceptors (Lipinski definition) is 5. The molecule has 1 atom stereocenters. The number of primary sulfonamides is 1. The SMILES string of the molecule is Cc1oc(C(=O)N2CCc3sccc3[C@H]2C)cc1S(N)(=O)=O. The van der Waals surface area contributed by atoms with Gasteiger partial charge in [0.15, 0.2) is 5.76 Å². The van der Waals surface area contributed by atoms with E-state index in [9.17, 15) is 13.2 Å². The number of aryl methyl sites for hydroxylation is 1. The first-order valence-corrected chi connectivity index (χ1v) is 9.22. The second-order valence-electron chi connectivity index (χ2n) is 5.30. The van der Waals surface area contributed by atoms with Gasteiger partial charge in [-0.3, -0.25) is 4.79 Å². The number of furan rings is 1. The van der Waals surface area contributed by atoms with E-state index in [2.05, 4.69) is 0 Å². The molecule has 8 heteroatoms. The van der Waals surface area contributed by atoms with Crippen molar-refractivity contribution in [2.45, 2.75) is 31.2 Å². The van der Waals surface area contributed by atoms with Gasteiger partial charge in [0.05, 0.1) is 6.04 Å². The van der Waals surface area contributed by atoms with Crippen LogP contribution in [0.2, 0.25) is 0 Å². The standard InChI is InChI=1S/C14H16N2O4S2/c1-8-10-4-6-21-12(10)3-5-16(8)14(17)11-7-13(9(2)20-11)22(15,18)19/h4,6-8H,3,5H2,1-2H3,(H2,15,18,19)/t8-/m1/s1. The van der Waals surface area contributed by atoms with Crippen LogP contribution in [0, 0.1) is 6.92 Å². The predicted molar refractivity (Wildman–Crippen MR) is 82.3 cm³/mol. The van der Waals surface area contributed by atoms with Gasteiger partial charge < -0.3 is 9.32 Å². The molecule has 0 aromatic carbocycles. The van der Waals surface area contributed by atoms with E-state index >= 15 is 0 Å². The Morgan fingerprint density at radius 2 is 2.23 bits per heavy atom. The predicted octanol–water partition coefficient (Wildman–Crippen LogP) is 2.06. The van der Waals surface area contributed by atoms with E-state index in [1.807, 2.05) is 18.4 Å². The van der Waals surface area contributed by atoms with Crippen molar-refractivity contribution in [2.24, 2.45) is 5.14 Å². The maximum Gasteiger partial charge on any atom is 0.290 e. The Morgan fingerprint density at radius 3 is 2.86 bits per heavy atom. The van der Waals surface area contributed by atoms with Crippen molar-refractivity contribution < 1.29 is 17.6 Å². The van der Waals surface area contributed by atoms with Crippen LogP contribution in [0.1, 0.15) is 39.7 Å². The average Bonchev–Trinajstić information content (AvgIpc) is 3.04. The fraction of sp³-hybridized carbons (Fsp3) is 0.357. The molecule has 2 aromatic heterocycles. The van der Waals surface area contributed by atoms with Crippen LogP contribution in [0.15, 0.2) is 26.8 Å². The zero-order valence-corrected chi connectivity index (χ0v) is 13.8. The van der Waals surface area contributed by atoms with E-state index in [0.717, 1.165) is 12.0 Å². The van der Waals surface area contributed by atoms with Gasteiger partial charge in [0.25, 0.3) is 5.91 Å². The first-order chi connectivity index (χ1) is 10.3. The molecule has 22 heavy (non-hydrogen) atoms. The van der Waals surface area contributed by atoms with Crippen LogP contribution >= 0.6 is 11.3 Å². The minimum absolute atomic E-state index is 0.00653. The van der Waals surface area contributed by atoms with Gasteiger partial charge in [-0.1, -0.05) is 0 Å². The lowest BCUT2D eigenvalue weighted by Gasteiger charge is -2.33. The Hall–Kier alpha value is -1.64. The van der Waals surface area contributed by atoms with Gasteiger partial charge in [-0.2, -0.15) is 0 Å². The van der Waals surface area contributed by atoms with Crippen LogP contribution < -0.4 is 5.14 Å². The first-order valence-electron chi connectivity index (χ1n) is 6.79. The number of carbonyl (C=O) groups excluding carboxylic acids is 1. The molecule has 0 aliphatic carbocycles. The van der Waals surface area contributed by atoms with Crippen LogP contribution in [0.5, 0.6) is 0 Å². The summed E-state index contributed by atoms with van der Waals surface area (Å²) >= 11 is 1.69. The second kappa shape index (κ2) is 5.22. The highest BCUT2D eigenvalue weighted by molar-refractivity contribution is 7.89. The van der Waals surface area contributed by atoms with Gasteiger partial charge in [0.2, 0.25) is 10.0 Å². The summed E-state index contributed by atoms with van der Waals surface area (Å²) < 4.78 is 28.2. The maximum atomic E-state index is 12.6. The van der Waals surface area contributed by atoms with Crippen LogP contribution in [-0.2, 0) is 16.4 Å². The average molecular weight is 340 g/mol. The lowest BCUT2D eigenvalue weighted by molar-refractivity contribution is 0.0645. The zero-order chi connectivity index (χ0) is 16.1. The molecule has 118 valence electrons. The number of rotatable bonds is 2. The molecular weight excluding hydrogens is 324 g/mol. The molecule has 2 aromatic rings. The molecular formula is C14H16N2O4S2. The van der Waals surface area contributed by atoms with Crippen molar-refractivity contribution in [3.63, 3.8) is 0 Å². The Balaban J connectivity index is 1.93. The third-order valence-electron chi connectivity index (χ3n) is 3.93. The third-order valence-corrected chi connectivity index (χ3v) is 5.94. The molecule has 0 radical (unpaired) electrons. The second-order valence-corrected chi connectivity index (χ2v) is 7.83. The highest BCUT2D eigenvalue weighted by Crippen LogP contribution is 2.34. The largest absolute Gasteiger partial charge is 0.455 e. The van der Waals surface area contributed by atoms with Crippen molar-refractivity contribution in [1.82, 2.24) is 4.90 Å². The van der Waals surface area contributed by atoms with E-state index in [4.69, 9.17) is 9.56 Å². The molecule has 3 rings (SSSR count). The fourth-order valence-corrected chi connectivity index (χ4v) is 4.46. The van der Waals surface area contributed by atoms with E-state index in [-0.39, 0.29) is 28.4 Å². The molecule has 3 heterocycles. The van der Waals surface area contributed by atoms with Gasteiger partial charge in [-0.25, -0.2) is 13.6 Å². The van der Waals surface area contributed by atoms with Gasteiger partial charge in [-0.05, 0) is 37.3 Å². The number of carbonyl (C=O) groups is 1. The van der Waals surface area contributed by atoms with Crippen molar-refractivity contribution in [3.05, 3.63) is 39.5 Å². The number of nitrogens with zero attached hydrogens (tertiary/aromatic N) is 1. The highest BCUT2D eigenvalue weighted by atomic mass is 32.2. The van der Waals surface area contributed by atoms with Gasteiger partial charge in [-0.15, -0.1) is 11.3 Å². The molecule has 0 saturated carbocycles. The monoisotopic (exact) mass is 340 g/mol. The number of fused-ring (bicyclic) bond motifs is 1. The van der Waals surface area contributed by atoms with Gasteiger partial charge >= 0.3 is 0 Å². The summed E-state index contributed by atoms with van der Waals surface area (Å²) in [7, 11) is -3.89. The highest BCUT2D eigenvalue weighted by Gasteiger charge is 2.31. The van der Waals surface area contributed by atoms with E-state index in [1.165, 1.54) is 17.9 Å². The summed E-state index contributed by atoms with van der Waals surface area (Å²) in [4.78, 5) is 15.5. The number of sulfonamides is 1. The van der Waals surface area contributed by atoms with E-state index < -0.39 is 10.0 Å². The van der Waals surface area contributed by atoms with Crippen LogP contribution in [0.25, 0.3) is 0 Å². The number of thiophene rings is 1. The number of hydrogen-bond donors (Lipinski definition) is 1. The van der Waals surface area contributed by atoms with Crippen LogP contribution in [0.3, 0.4) is 0 Å². The Bertz CT molecular complexity index is 835. The smallest absolute Gasteiger partial charge is 0.290 e. The van der Waals surface area contributed by atoms with Gasteiger partial charge in [0.1, 0.15) is 10.7 Å². The normalized spacial score (nSPS) is 18.3. The molecule has 0 spiro atoms. The molecule has 2 N–H and O–H groups in total. The van der Waals surface area contributed by atoms with E-state index in [1.54, 1.807) is 16.2 Å². The lowest BCUT2D eigenvalue weighted by atomic mass is 10.0. The number of nitrogens with two attached hydrogens (primary N) is 1. The topological polar surface area (TPSA) is 93.6 Å². The Kier molecular flexibility index (Phi) is 3.62. The molecule has 0 bridgehead atoms. The molecule has 1 aliphatic heterocycles. The molecule has 0 fully saturated rings. The molecule has 1 amide bonds. The summed E-state index contributed by atoms with van der Waals surface area (Å²) in [5.74, 6) is -0.180. The molecule has 6 nitrogen and oxygen atoms in total. The molecule has 0 saturated heterocycles. The fourth-order valence-electron chi connectivity index (χ4n) is 2.78. The zero-order valence-electron chi connectivity index (χ0n) is 12.2. The Labute approximate surface area is 132 Å². The summed E-state index contributed by atoms with van der Waals surface area (Å²) in [6.07, 6.45) is 0.796. The van der Waals surface area contributed by atoms with Crippen molar-refractivity contribution in [3.8, 4) is 0 Å². The summed E-state index contributed by atoms with van der Waals surface area (Å²) in [6.45, 7) is 4.02. The summed E-state index contributed by atoms with van der Waals surface area (Å²) in [5, 5.41) is 7.13. The lowest BCUT2D eigenvalue weighted by Crippen LogP contribution is -2.38. The number of amides is 1. The third kappa shape index (κ3) is 2.47. The van der Waals surface area contributed by atoms with Crippen molar-refractivity contribution >= 4 is 27.3 Å². The quantitative estimate of drug-likeness (QED) is 0.905. The minimum Gasteiger partial charge on any atom is -0.455 e. The first kappa shape index (κ1) is 15.3. The molecule has 1 aliphatic rings. The van der Waals surface area contributed by atoms with Crippen LogP contribution in [-0.4, -0.2) is 25.8 Å². The van der Waals surface area contributed by atoms with Crippen LogP contribution in [0.4, 0.5) is 0 Å². The summed E-state index contributed by atoms with van der Waals surface area (Å²) in [5.41, 5.74) is 1.14. The van der Waals surface area contributed by atoms with Gasteiger partial charge in [0, 0.05) is 17.5 Å². The summed E-state index contributed by atoms with van der Waals surface area (Å²) in [6, 6.07) is 3.17. The molecule has 0 unspecified atom stereocenters. The van der Waals surface area contributed by atoms with E-state index in [0.29, 0.717) is 6.54 Å². The maximum absolute atomic E-state index is 12.6. The van der Waals surface area contributed by atoms with Crippen molar-refractivity contribution in [1.29, 1.82) is 0 Å². The Morgan fingerprint density at radius 1 is 1.50 bits per heavy atom. The minimum atomic E-state index is -3.89.